The first kappa shape index (κ1) is 14.3. The molecule has 0 radical (unpaired) electrons. The quantitative estimate of drug-likeness (QED) is 0.625. The molecule has 0 amide bonds. The van der Waals surface area contributed by atoms with Crippen molar-refractivity contribution >= 4 is 28.0 Å². The van der Waals surface area contributed by atoms with Crippen molar-refractivity contribution in [2.45, 2.75) is 37.1 Å². The van der Waals surface area contributed by atoms with Crippen molar-refractivity contribution in [2.75, 3.05) is 0 Å². The van der Waals surface area contributed by atoms with Gasteiger partial charge in [0, 0.05) is 6.42 Å². The zero-order chi connectivity index (χ0) is 13.1. The summed E-state index contributed by atoms with van der Waals surface area (Å²) >= 11 is 3.36. The van der Waals surface area contributed by atoms with Crippen molar-refractivity contribution in [1.82, 2.24) is 0 Å². The molecule has 0 aromatic rings. The van der Waals surface area contributed by atoms with Crippen LogP contribution in [0.2, 0.25) is 0 Å². The van der Waals surface area contributed by atoms with Crippen LogP contribution in [-0.2, 0) is 9.59 Å². The molecule has 0 aromatic carbocycles. The molecule has 1 N–H and O–H groups in total. The van der Waals surface area contributed by atoms with Gasteiger partial charge in [-0.3, -0.25) is 4.79 Å². The van der Waals surface area contributed by atoms with Gasteiger partial charge < -0.3 is 9.90 Å². The summed E-state index contributed by atoms with van der Waals surface area (Å²) in [5.41, 5.74) is -2.87. The highest BCUT2D eigenvalue weighted by molar-refractivity contribution is 9.09. The summed E-state index contributed by atoms with van der Waals surface area (Å²) in [5.74, 6) is -0.309. The van der Waals surface area contributed by atoms with E-state index in [9.17, 15) is 14.7 Å². The molecule has 0 bridgehead atoms. The van der Waals surface area contributed by atoms with E-state index in [2.05, 4.69) is 15.9 Å². The van der Waals surface area contributed by atoms with E-state index >= 15 is 0 Å². The van der Waals surface area contributed by atoms with Crippen LogP contribution < -0.4 is 0 Å². The smallest absolute Gasteiger partial charge is 0.165 e. The minimum Gasteiger partial charge on any atom is -0.381 e. The van der Waals surface area contributed by atoms with Gasteiger partial charge in [-0.1, -0.05) is 54.1 Å². The zero-order valence-electron chi connectivity index (χ0n) is 10.0. The largest absolute Gasteiger partial charge is 0.381 e. The molecule has 1 rings (SSSR count). The maximum Gasteiger partial charge on any atom is 0.165 e. The molecule has 0 saturated carbocycles. The number of carbonyl (C=O) groups excluding carboxylic acids is 2. The van der Waals surface area contributed by atoms with Gasteiger partial charge in [-0.25, -0.2) is 0 Å². The molecule has 0 unspecified atom stereocenters. The first-order valence-corrected chi connectivity index (χ1v) is 6.62. The Balaban J connectivity index is 3.32. The molecule has 1 aliphatic rings. The molecule has 0 aromatic heterocycles. The number of ketones is 1. The third kappa shape index (κ3) is 2.04. The molecule has 0 aliphatic heterocycles. The Labute approximate surface area is 110 Å². The normalized spacial score (nSPS) is 30.9. The van der Waals surface area contributed by atoms with Crippen molar-refractivity contribution in [2.24, 2.45) is 5.41 Å². The van der Waals surface area contributed by atoms with Crippen molar-refractivity contribution in [3.05, 3.63) is 24.3 Å². The van der Waals surface area contributed by atoms with E-state index in [1.54, 1.807) is 38.2 Å². The van der Waals surface area contributed by atoms with E-state index in [4.69, 9.17) is 0 Å². The predicted octanol–water partition coefficient (Wildman–Crippen LogP) is 2.18. The second-order valence-corrected chi connectivity index (χ2v) is 5.17. The van der Waals surface area contributed by atoms with E-state index in [-0.39, 0.29) is 23.5 Å². The van der Waals surface area contributed by atoms with Crippen LogP contribution in [-0.4, -0.2) is 27.6 Å². The minimum atomic E-state index is -1.65. The van der Waals surface area contributed by atoms with Gasteiger partial charge in [0.1, 0.15) is 11.9 Å². The summed E-state index contributed by atoms with van der Waals surface area (Å²) in [6, 6.07) is 0. The molecule has 0 fully saturated rings. The number of carbonyl (C=O) groups is 2. The third-order valence-electron chi connectivity index (χ3n) is 3.42. The Hall–Kier alpha value is -0.740. The standard InChI is InChI=1S/C13H17BrO3/c1-3-11(16)13(17,4-2)12(9-15)8-6-5-7-10(12)14/h5-10,17H,3-4H2,1-2H3/t10-,12-,13-/m1/s1. The van der Waals surface area contributed by atoms with E-state index in [0.717, 1.165) is 0 Å². The second-order valence-electron chi connectivity index (χ2n) is 4.19. The zero-order valence-corrected chi connectivity index (χ0v) is 11.6. The lowest BCUT2D eigenvalue weighted by Crippen LogP contribution is -2.58. The molecule has 3 atom stereocenters. The minimum absolute atomic E-state index is 0.206. The first-order chi connectivity index (χ1) is 7.98. The lowest BCUT2D eigenvalue weighted by molar-refractivity contribution is -0.153. The lowest BCUT2D eigenvalue weighted by Gasteiger charge is -2.43. The average Bonchev–Trinajstić information content (AvgIpc) is 2.37. The molecule has 94 valence electrons. The van der Waals surface area contributed by atoms with Crippen LogP contribution in [0, 0.1) is 5.41 Å². The van der Waals surface area contributed by atoms with Gasteiger partial charge in [0.05, 0.1) is 10.2 Å². The van der Waals surface area contributed by atoms with Crippen molar-refractivity contribution in [1.29, 1.82) is 0 Å². The third-order valence-corrected chi connectivity index (χ3v) is 4.49. The molecule has 0 saturated heterocycles. The van der Waals surface area contributed by atoms with Gasteiger partial charge in [0.2, 0.25) is 0 Å². The molecular weight excluding hydrogens is 284 g/mol. The highest BCUT2D eigenvalue weighted by atomic mass is 79.9. The van der Waals surface area contributed by atoms with E-state index < -0.39 is 11.0 Å². The van der Waals surface area contributed by atoms with E-state index in [1.807, 2.05) is 0 Å². The SMILES string of the molecule is CCC(=O)[C@](O)(CC)[C@@]1(C=O)C=CC=C[C@H]1Br. The molecule has 3 nitrogen and oxygen atoms in total. The van der Waals surface area contributed by atoms with Crippen LogP contribution in [0.4, 0.5) is 0 Å². The number of rotatable bonds is 5. The Bertz CT molecular complexity index is 375. The lowest BCUT2D eigenvalue weighted by atomic mass is 9.65. The van der Waals surface area contributed by atoms with Gasteiger partial charge in [-0.05, 0) is 6.42 Å². The summed E-state index contributed by atoms with van der Waals surface area (Å²) in [5, 5.41) is 10.6. The Kier molecular flexibility index (Phi) is 4.44. The number of hydrogen-bond acceptors (Lipinski definition) is 3. The highest BCUT2D eigenvalue weighted by Crippen LogP contribution is 2.44. The van der Waals surface area contributed by atoms with Crippen LogP contribution in [0.15, 0.2) is 24.3 Å². The molecule has 0 spiro atoms. The van der Waals surface area contributed by atoms with E-state index in [0.29, 0.717) is 6.29 Å². The monoisotopic (exact) mass is 300 g/mol. The number of allylic oxidation sites excluding steroid dienone is 3. The van der Waals surface area contributed by atoms with Crippen molar-refractivity contribution < 1.29 is 14.7 Å². The highest BCUT2D eigenvalue weighted by Gasteiger charge is 2.55. The number of hydrogen-bond donors (Lipinski definition) is 1. The van der Waals surface area contributed by atoms with Gasteiger partial charge in [0.15, 0.2) is 5.78 Å². The van der Waals surface area contributed by atoms with Crippen LogP contribution >= 0.6 is 15.9 Å². The second kappa shape index (κ2) is 5.27. The van der Waals surface area contributed by atoms with Gasteiger partial charge in [0.25, 0.3) is 0 Å². The fourth-order valence-electron chi connectivity index (χ4n) is 2.23. The summed E-state index contributed by atoms with van der Waals surface area (Å²) in [6.07, 6.45) is 7.93. The van der Waals surface area contributed by atoms with Gasteiger partial charge in [-0.2, -0.15) is 0 Å². The van der Waals surface area contributed by atoms with Crippen molar-refractivity contribution in [3.63, 3.8) is 0 Å². The van der Waals surface area contributed by atoms with Gasteiger partial charge >= 0.3 is 0 Å². The molecule has 4 heteroatoms. The van der Waals surface area contributed by atoms with Gasteiger partial charge in [-0.15, -0.1) is 0 Å². The average molecular weight is 301 g/mol. The Morgan fingerprint density at radius 3 is 2.59 bits per heavy atom. The number of aldehydes is 1. The first-order valence-electron chi connectivity index (χ1n) is 5.70. The number of halogens is 1. The maximum atomic E-state index is 12.0. The molecule has 1 aliphatic carbocycles. The molecular formula is C13H17BrO3. The Morgan fingerprint density at radius 1 is 1.53 bits per heavy atom. The van der Waals surface area contributed by atoms with Crippen LogP contribution in [0.25, 0.3) is 0 Å². The van der Waals surface area contributed by atoms with Crippen LogP contribution in [0.5, 0.6) is 0 Å². The fraction of sp³-hybridized carbons (Fsp3) is 0.538. The molecule has 17 heavy (non-hydrogen) atoms. The number of alkyl halides is 1. The summed E-state index contributed by atoms with van der Waals surface area (Å²) < 4.78 is 0. The Morgan fingerprint density at radius 2 is 2.18 bits per heavy atom. The number of aliphatic hydroxyl groups is 1. The predicted molar refractivity (Wildman–Crippen MR) is 70.0 cm³/mol. The summed E-state index contributed by atoms with van der Waals surface area (Å²) in [4.78, 5) is 23.1. The topological polar surface area (TPSA) is 54.4 Å². The van der Waals surface area contributed by atoms with Crippen molar-refractivity contribution in [3.8, 4) is 0 Å². The fourth-order valence-corrected chi connectivity index (χ4v) is 3.05. The van der Waals surface area contributed by atoms with Crippen LogP contribution in [0.3, 0.4) is 0 Å². The number of Topliss-reactive ketones (excluding diaryl/α,β-unsaturated/α-hetero) is 1. The summed E-state index contributed by atoms with van der Waals surface area (Å²) in [7, 11) is 0. The van der Waals surface area contributed by atoms with E-state index in [1.165, 1.54) is 0 Å². The maximum absolute atomic E-state index is 12.0. The molecule has 0 heterocycles. The van der Waals surface area contributed by atoms with Crippen LogP contribution in [0.1, 0.15) is 26.7 Å². The summed E-state index contributed by atoms with van der Waals surface area (Å²) in [6.45, 7) is 3.40.